The number of aromatic nitrogens is 2. The zero-order valence-corrected chi connectivity index (χ0v) is 12.8. The molecule has 2 aromatic rings. The average Bonchev–Trinajstić information content (AvgIpc) is 2.79. The Balaban J connectivity index is 2.38. The molecule has 4 nitrogen and oxygen atoms in total. The van der Waals surface area contributed by atoms with Crippen molar-refractivity contribution in [2.45, 2.75) is 26.0 Å². The molecule has 0 amide bonds. The largest absolute Gasteiger partial charge is 0.495 e. The second-order valence-corrected chi connectivity index (χ2v) is 5.21. The van der Waals surface area contributed by atoms with Crippen LogP contribution >= 0.6 is 23.2 Å². The monoisotopic (exact) mass is 314 g/mol. The third-order valence-corrected chi connectivity index (χ3v) is 3.61. The molecule has 0 saturated heterocycles. The lowest BCUT2D eigenvalue weighted by Crippen LogP contribution is -2.10. The number of aliphatic hydroxyl groups is 1. The van der Waals surface area contributed by atoms with Gasteiger partial charge in [0, 0.05) is 6.54 Å². The third-order valence-electron chi connectivity index (χ3n) is 3.02. The molecule has 20 heavy (non-hydrogen) atoms. The molecular weight excluding hydrogens is 299 g/mol. The van der Waals surface area contributed by atoms with Gasteiger partial charge in [-0.3, -0.25) is 4.68 Å². The minimum Gasteiger partial charge on any atom is -0.495 e. The van der Waals surface area contributed by atoms with E-state index in [0.29, 0.717) is 33.6 Å². The van der Waals surface area contributed by atoms with Crippen LogP contribution in [0.1, 0.15) is 30.7 Å². The van der Waals surface area contributed by atoms with Crippen LogP contribution in [0.25, 0.3) is 0 Å². The van der Waals surface area contributed by atoms with Crippen LogP contribution < -0.4 is 4.74 Å². The van der Waals surface area contributed by atoms with Crippen molar-refractivity contribution in [2.75, 3.05) is 7.11 Å². The van der Waals surface area contributed by atoms with Crippen molar-refractivity contribution in [3.8, 4) is 5.75 Å². The summed E-state index contributed by atoms with van der Waals surface area (Å²) in [4.78, 5) is 0. The standard InChI is InChI=1S/C14H16Cl2N2O2/c1-3-6-18-13(11(16)8-17-18)14(19)9-4-5-12(20-2)10(15)7-9/h4-5,7-8,14,19H,3,6H2,1-2H3. The van der Waals surface area contributed by atoms with E-state index in [1.807, 2.05) is 6.92 Å². The fourth-order valence-corrected chi connectivity index (χ4v) is 2.56. The van der Waals surface area contributed by atoms with E-state index >= 15 is 0 Å². The minimum absolute atomic E-state index is 0.442. The second-order valence-electron chi connectivity index (χ2n) is 4.40. The summed E-state index contributed by atoms with van der Waals surface area (Å²) < 4.78 is 6.81. The molecule has 1 heterocycles. The van der Waals surface area contributed by atoms with Crippen molar-refractivity contribution in [3.63, 3.8) is 0 Å². The molecule has 1 aromatic heterocycles. The second kappa shape index (κ2) is 6.48. The number of hydrogen-bond acceptors (Lipinski definition) is 3. The van der Waals surface area contributed by atoms with Gasteiger partial charge in [0.1, 0.15) is 11.9 Å². The third kappa shape index (κ3) is 2.92. The van der Waals surface area contributed by atoms with Gasteiger partial charge in [0.25, 0.3) is 0 Å². The number of hydrogen-bond donors (Lipinski definition) is 1. The Morgan fingerprint density at radius 1 is 1.35 bits per heavy atom. The smallest absolute Gasteiger partial charge is 0.137 e. The number of rotatable bonds is 5. The highest BCUT2D eigenvalue weighted by Gasteiger charge is 2.20. The van der Waals surface area contributed by atoms with Crippen LogP contribution in [0.3, 0.4) is 0 Å². The van der Waals surface area contributed by atoms with Crippen LogP contribution in [0.5, 0.6) is 5.75 Å². The molecule has 2 rings (SSSR count). The van der Waals surface area contributed by atoms with Crippen LogP contribution in [0.4, 0.5) is 0 Å². The average molecular weight is 315 g/mol. The number of nitrogens with zero attached hydrogens (tertiary/aromatic N) is 2. The zero-order chi connectivity index (χ0) is 14.7. The van der Waals surface area contributed by atoms with Crippen molar-refractivity contribution < 1.29 is 9.84 Å². The summed E-state index contributed by atoms with van der Waals surface area (Å²) in [6.07, 6.45) is 1.57. The van der Waals surface area contributed by atoms with Gasteiger partial charge >= 0.3 is 0 Å². The summed E-state index contributed by atoms with van der Waals surface area (Å²) >= 11 is 12.2. The Morgan fingerprint density at radius 3 is 2.70 bits per heavy atom. The first-order chi connectivity index (χ1) is 9.58. The molecular formula is C14H16Cl2N2O2. The molecule has 0 bridgehead atoms. The van der Waals surface area contributed by atoms with E-state index < -0.39 is 6.10 Å². The Hall–Kier alpha value is -1.23. The molecule has 1 aromatic carbocycles. The summed E-state index contributed by atoms with van der Waals surface area (Å²) in [5.74, 6) is 0.566. The van der Waals surface area contributed by atoms with Crippen LogP contribution in [0, 0.1) is 0 Å². The predicted molar refractivity (Wildman–Crippen MR) is 79.6 cm³/mol. The Morgan fingerprint density at radius 2 is 2.10 bits per heavy atom. The number of halogens is 2. The van der Waals surface area contributed by atoms with Crippen molar-refractivity contribution in [3.05, 3.63) is 45.7 Å². The number of ether oxygens (including phenoxy) is 1. The summed E-state index contributed by atoms with van der Waals surface area (Å²) in [6, 6.07) is 5.15. The molecule has 108 valence electrons. The maximum absolute atomic E-state index is 10.5. The van der Waals surface area contributed by atoms with Gasteiger partial charge < -0.3 is 9.84 Å². The molecule has 1 unspecified atom stereocenters. The molecule has 0 aliphatic heterocycles. The van der Waals surface area contributed by atoms with Gasteiger partial charge in [0.05, 0.1) is 29.0 Å². The minimum atomic E-state index is -0.875. The fourth-order valence-electron chi connectivity index (χ4n) is 2.04. The maximum atomic E-state index is 10.5. The quantitative estimate of drug-likeness (QED) is 0.915. The fraction of sp³-hybridized carbons (Fsp3) is 0.357. The van der Waals surface area contributed by atoms with Gasteiger partial charge in [-0.25, -0.2) is 0 Å². The zero-order valence-electron chi connectivity index (χ0n) is 11.3. The molecule has 0 aliphatic carbocycles. The van der Waals surface area contributed by atoms with E-state index in [-0.39, 0.29) is 0 Å². The Bertz CT molecular complexity index is 599. The van der Waals surface area contributed by atoms with E-state index in [1.165, 1.54) is 0 Å². The van der Waals surface area contributed by atoms with Gasteiger partial charge in [-0.05, 0) is 24.1 Å². The molecule has 0 spiro atoms. The van der Waals surface area contributed by atoms with Crippen LogP contribution in [0.2, 0.25) is 10.0 Å². The highest BCUT2D eigenvalue weighted by atomic mass is 35.5. The van der Waals surface area contributed by atoms with E-state index in [1.54, 1.807) is 36.2 Å². The molecule has 1 atom stereocenters. The number of benzene rings is 1. The molecule has 0 aliphatic rings. The summed E-state index contributed by atoms with van der Waals surface area (Å²) in [7, 11) is 1.55. The van der Waals surface area contributed by atoms with Crippen LogP contribution in [-0.2, 0) is 6.54 Å². The number of aliphatic hydroxyl groups excluding tert-OH is 1. The van der Waals surface area contributed by atoms with Crippen molar-refractivity contribution in [2.24, 2.45) is 0 Å². The van der Waals surface area contributed by atoms with Crippen molar-refractivity contribution >= 4 is 23.2 Å². The topological polar surface area (TPSA) is 47.3 Å². The first-order valence-corrected chi connectivity index (χ1v) is 7.06. The summed E-state index contributed by atoms with van der Waals surface area (Å²) in [5, 5.41) is 15.6. The van der Waals surface area contributed by atoms with Crippen LogP contribution in [0.15, 0.2) is 24.4 Å². The highest BCUT2D eigenvalue weighted by Crippen LogP contribution is 2.32. The van der Waals surface area contributed by atoms with E-state index in [9.17, 15) is 5.11 Å². The molecule has 0 radical (unpaired) electrons. The summed E-state index contributed by atoms with van der Waals surface area (Å²) in [6.45, 7) is 2.74. The maximum Gasteiger partial charge on any atom is 0.137 e. The van der Waals surface area contributed by atoms with E-state index in [0.717, 1.165) is 6.42 Å². The van der Waals surface area contributed by atoms with Gasteiger partial charge in [0.15, 0.2) is 0 Å². The lowest BCUT2D eigenvalue weighted by molar-refractivity contribution is 0.207. The summed E-state index contributed by atoms with van der Waals surface area (Å²) in [5.41, 5.74) is 1.23. The molecule has 1 N–H and O–H groups in total. The normalized spacial score (nSPS) is 12.4. The molecule has 0 fully saturated rings. The van der Waals surface area contributed by atoms with E-state index in [2.05, 4.69) is 5.10 Å². The van der Waals surface area contributed by atoms with Crippen LogP contribution in [-0.4, -0.2) is 22.0 Å². The van der Waals surface area contributed by atoms with Gasteiger partial charge in [-0.2, -0.15) is 5.10 Å². The first-order valence-electron chi connectivity index (χ1n) is 6.31. The number of methoxy groups -OCH3 is 1. The predicted octanol–water partition coefficient (Wildman–Crippen LogP) is 3.69. The van der Waals surface area contributed by atoms with Gasteiger partial charge in [0.2, 0.25) is 0 Å². The van der Waals surface area contributed by atoms with Crippen molar-refractivity contribution in [1.82, 2.24) is 9.78 Å². The Labute approximate surface area is 127 Å². The molecule has 6 heteroatoms. The lowest BCUT2D eigenvalue weighted by atomic mass is 10.1. The van der Waals surface area contributed by atoms with E-state index in [4.69, 9.17) is 27.9 Å². The van der Waals surface area contributed by atoms with Gasteiger partial charge in [-0.15, -0.1) is 0 Å². The Kier molecular flexibility index (Phi) is 4.91. The highest BCUT2D eigenvalue weighted by molar-refractivity contribution is 6.32. The first kappa shape index (κ1) is 15.2. The molecule has 0 saturated carbocycles. The van der Waals surface area contributed by atoms with Crippen molar-refractivity contribution in [1.29, 1.82) is 0 Å². The SMILES string of the molecule is CCCn1ncc(Cl)c1C(O)c1ccc(OC)c(Cl)c1. The van der Waals surface area contributed by atoms with Gasteiger partial charge in [-0.1, -0.05) is 36.2 Å². The lowest BCUT2D eigenvalue weighted by Gasteiger charge is -2.15. The number of aryl methyl sites for hydroxylation is 1.